The Morgan fingerprint density at radius 1 is 1.22 bits per heavy atom. The molecule has 0 radical (unpaired) electrons. The zero-order chi connectivity index (χ0) is 12.4. The molecule has 0 amide bonds. The van der Waals surface area contributed by atoms with Crippen molar-refractivity contribution in [2.45, 2.75) is 51.5 Å². The highest BCUT2D eigenvalue weighted by Gasteiger charge is 2.14. The van der Waals surface area contributed by atoms with Gasteiger partial charge in [0.15, 0.2) is 5.65 Å². The summed E-state index contributed by atoms with van der Waals surface area (Å²) >= 11 is 0. The molecule has 96 valence electrons. The van der Waals surface area contributed by atoms with Crippen molar-refractivity contribution in [2.24, 2.45) is 0 Å². The molecule has 2 aromatic heterocycles. The first-order chi connectivity index (χ1) is 8.81. The first kappa shape index (κ1) is 11.5. The standard InChI is InChI=1S/C14H20N4/c1-11-8-9-18-13(10-11)16-14(17-18)15-12-6-4-2-3-5-7-12/h8-10,12H,2-7H2,1H3,(H,15,17). The summed E-state index contributed by atoms with van der Waals surface area (Å²) in [4.78, 5) is 4.54. The van der Waals surface area contributed by atoms with Crippen LogP contribution in [0.25, 0.3) is 5.65 Å². The molecular formula is C14H20N4. The summed E-state index contributed by atoms with van der Waals surface area (Å²) in [6.45, 7) is 2.08. The van der Waals surface area contributed by atoms with Gasteiger partial charge in [0.05, 0.1) is 0 Å². The molecule has 18 heavy (non-hydrogen) atoms. The Morgan fingerprint density at radius 2 is 2.00 bits per heavy atom. The van der Waals surface area contributed by atoms with E-state index in [9.17, 15) is 0 Å². The van der Waals surface area contributed by atoms with Gasteiger partial charge in [0.25, 0.3) is 0 Å². The van der Waals surface area contributed by atoms with E-state index >= 15 is 0 Å². The Morgan fingerprint density at radius 3 is 2.78 bits per heavy atom. The molecule has 0 aromatic carbocycles. The molecule has 3 rings (SSSR count). The Kier molecular flexibility index (Phi) is 3.17. The summed E-state index contributed by atoms with van der Waals surface area (Å²) in [5.74, 6) is 0.771. The fourth-order valence-corrected chi connectivity index (χ4v) is 2.65. The van der Waals surface area contributed by atoms with Crippen LogP contribution in [0.15, 0.2) is 18.3 Å². The number of aromatic nitrogens is 3. The van der Waals surface area contributed by atoms with E-state index < -0.39 is 0 Å². The Bertz CT molecular complexity index is 524. The molecule has 0 unspecified atom stereocenters. The van der Waals surface area contributed by atoms with Crippen LogP contribution in [0.3, 0.4) is 0 Å². The monoisotopic (exact) mass is 244 g/mol. The number of pyridine rings is 1. The SMILES string of the molecule is Cc1ccn2nc(NC3CCCCCC3)nc2c1. The van der Waals surface area contributed by atoms with Crippen LogP contribution in [-0.2, 0) is 0 Å². The van der Waals surface area contributed by atoms with Crippen LogP contribution in [0.4, 0.5) is 5.95 Å². The summed E-state index contributed by atoms with van der Waals surface area (Å²) < 4.78 is 1.84. The molecular weight excluding hydrogens is 224 g/mol. The van der Waals surface area contributed by atoms with E-state index in [0.717, 1.165) is 11.6 Å². The third-order valence-electron chi connectivity index (χ3n) is 3.68. The van der Waals surface area contributed by atoms with E-state index in [-0.39, 0.29) is 0 Å². The molecule has 1 saturated carbocycles. The molecule has 1 aliphatic rings. The summed E-state index contributed by atoms with van der Waals surface area (Å²) in [6.07, 6.45) is 9.85. The smallest absolute Gasteiger partial charge is 0.243 e. The molecule has 0 saturated heterocycles. The van der Waals surface area contributed by atoms with Crippen LogP contribution in [0.5, 0.6) is 0 Å². The molecule has 2 heterocycles. The predicted octanol–water partition coefficient (Wildman–Crippen LogP) is 3.17. The first-order valence-corrected chi connectivity index (χ1v) is 6.91. The Labute approximate surface area is 107 Å². The van der Waals surface area contributed by atoms with Crippen molar-refractivity contribution in [3.05, 3.63) is 23.9 Å². The lowest BCUT2D eigenvalue weighted by atomic mass is 10.1. The van der Waals surface area contributed by atoms with E-state index in [0.29, 0.717) is 6.04 Å². The molecule has 4 nitrogen and oxygen atoms in total. The predicted molar refractivity (Wildman–Crippen MR) is 72.8 cm³/mol. The molecule has 0 atom stereocenters. The number of aryl methyl sites for hydroxylation is 1. The van der Waals surface area contributed by atoms with Crippen molar-refractivity contribution in [1.29, 1.82) is 0 Å². The minimum atomic E-state index is 0.547. The quantitative estimate of drug-likeness (QED) is 0.825. The van der Waals surface area contributed by atoms with Crippen molar-refractivity contribution < 1.29 is 0 Å². The van der Waals surface area contributed by atoms with Gasteiger partial charge in [-0.15, -0.1) is 5.10 Å². The summed E-state index contributed by atoms with van der Waals surface area (Å²) in [5.41, 5.74) is 2.14. The molecule has 0 spiro atoms. The second-order valence-corrected chi connectivity index (χ2v) is 5.28. The van der Waals surface area contributed by atoms with E-state index in [4.69, 9.17) is 0 Å². The number of rotatable bonds is 2. The van der Waals surface area contributed by atoms with Gasteiger partial charge in [0, 0.05) is 12.2 Å². The maximum absolute atomic E-state index is 4.54. The van der Waals surface area contributed by atoms with Gasteiger partial charge < -0.3 is 5.32 Å². The molecule has 4 heteroatoms. The Balaban J connectivity index is 1.77. The summed E-state index contributed by atoms with van der Waals surface area (Å²) in [6, 6.07) is 4.66. The van der Waals surface area contributed by atoms with Gasteiger partial charge >= 0.3 is 0 Å². The van der Waals surface area contributed by atoms with Crippen molar-refractivity contribution >= 4 is 11.6 Å². The third-order valence-corrected chi connectivity index (χ3v) is 3.68. The summed E-state index contributed by atoms with van der Waals surface area (Å²) in [7, 11) is 0. The lowest BCUT2D eigenvalue weighted by Gasteiger charge is -2.13. The lowest BCUT2D eigenvalue weighted by Crippen LogP contribution is -2.19. The molecule has 1 aliphatic carbocycles. The molecule has 0 aliphatic heterocycles. The lowest BCUT2D eigenvalue weighted by molar-refractivity contribution is 0.615. The highest BCUT2D eigenvalue weighted by molar-refractivity contribution is 5.45. The van der Waals surface area contributed by atoms with Crippen LogP contribution in [0.1, 0.15) is 44.1 Å². The Hall–Kier alpha value is -1.58. The van der Waals surface area contributed by atoms with Crippen LogP contribution >= 0.6 is 0 Å². The highest BCUT2D eigenvalue weighted by atomic mass is 15.3. The van der Waals surface area contributed by atoms with Gasteiger partial charge in [-0.25, -0.2) is 4.52 Å². The minimum absolute atomic E-state index is 0.547. The van der Waals surface area contributed by atoms with Crippen molar-refractivity contribution in [2.75, 3.05) is 5.32 Å². The van der Waals surface area contributed by atoms with Crippen LogP contribution in [0, 0.1) is 6.92 Å². The number of hydrogen-bond donors (Lipinski definition) is 1. The molecule has 0 bridgehead atoms. The maximum atomic E-state index is 4.54. The van der Waals surface area contributed by atoms with Gasteiger partial charge in [-0.05, 0) is 37.5 Å². The maximum Gasteiger partial charge on any atom is 0.243 e. The number of anilines is 1. The van der Waals surface area contributed by atoms with E-state index in [1.54, 1.807) is 0 Å². The molecule has 1 N–H and O–H groups in total. The zero-order valence-corrected chi connectivity index (χ0v) is 10.9. The second-order valence-electron chi connectivity index (χ2n) is 5.28. The number of nitrogens with zero attached hydrogens (tertiary/aromatic N) is 3. The van der Waals surface area contributed by atoms with Crippen LogP contribution in [-0.4, -0.2) is 20.6 Å². The number of nitrogens with one attached hydrogen (secondary N) is 1. The fraction of sp³-hybridized carbons (Fsp3) is 0.571. The largest absolute Gasteiger partial charge is 0.350 e. The third kappa shape index (κ3) is 2.47. The average molecular weight is 244 g/mol. The molecule has 2 aromatic rings. The number of fused-ring (bicyclic) bond motifs is 1. The average Bonchev–Trinajstić information content (AvgIpc) is 2.57. The van der Waals surface area contributed by atoms with Crippen molar-refractivity contribution in [1.82, 2.24) is 14.6 Å². The van der Waals surface area contributed by atoms with Gasteiger partial charge in [-0.3, -0.25) is 0 Å². The van der Waals surface area contributed by atoms with Crippen LogP contribution in [0.2, 0.25) is 0 Å². The summed E-state index contributed by atoms with van der Waals surface area (Å²) in [5, 5.41) is 7.96. The van der Waals surface area contributed by atoms with Gasteiger partial charge in [0.1, 0.15) is 0 Å². The van der Waals surface area contributed by atoms with Crippen LogP contribution < -0.4 is 5.32 Å². The fourth-order valence-electron chi connectivity index (χ4n) is 2.65. The van der Waals surface area contributed by atoms with Gasteiger partial charge in [-0.1, -0.05) is 25.7 Å². The van der Waals surface area contributed by atoms with E-state index in [1.807, 2.05) is 10.7 Å². The minimum Gasteiger partial charge on any atom is -0.350 e. The zero-order valence-electron chi connectivity index (χ0n) is 10.9. The van der Waals surface area contributed by atoms with Gasteiger partial charge in [-0.2, -0.15) is 4.98 Å². The molecule has 1 fully saturated rings. The van der Waals surface area contributed by atoms with Gasteiger partial charge in [0.2, 0.25) is 5.95 Å². The normalized spacial score (nSPS) is 17.8. The number of hydrogen-bond acceptors (Lipinski definition) is 3. The van der Waals surface area contributed by atoms with Crippen molar-refractivity contribution in [3.63, 3.8) is 0 Å². The topological polar surface area (TPSA) is 42.2 Å². The van der Waals surface area contributed by atoms with E-state index in [1.165, 1.54) is 44.1 Å². The second kappa shape index (κ2) is 4.96. The van der Waals surface area contributed by atoms with E-state index in [2.05, 4.69) is 34.5 Å². The first-order valence-electron chi connectivity index (χ1n) is 6.91. The van der Waals surface area contributed by atoms with Crippen molar-refractivity contribution in [3.8, 4) is 0 Å². The highest BCUT2D eigenvalue weighted by Crippen LogP contribution is 2.20.